The van der Waals surface area contributed by atoms with Crippen LogP contribution >= 0.6 is 0 Å². The van der Waals surface area contributed by atoms with E-state index in [2.05, 4.69) is 22.6 Å². The smallest absolute Gasteiger partial charge is 0.273 e. The van der Waals surface area contributed by atoms with E-state index >= 15 is 0 Å². The minimum Gasteiger partial charge on any atom is -0.377 e. The summed E-state index contributed by atoms with van der Waals surface area (Å²) in [7, 11) is -1.94. The van der Waals surface area contributed by atoms with Gasteiger partial charge in [0.05, 0.1) is 17.9 Å². The first-order valence-electron chi connectivity index (χ1n) is 7.78. The number of ether oxygens (including phenoxy) is 1. The van der Waals surface area contributed by atoms with Gasteiger partial charge < -0.3 is 20.5 Å². The van der Waals surface area contributed by atoms with Gasteiger partial charge in [0.15, 0.2) is 0 Å². The summed E-state index contributed by atoms with van der Waals surface area (Å²) in [6.07, 6.45) is 2.84. The number of methoxy groups -OCH3 is 1. The van der Waals surface area contributed by atoms with Crippen molar-refractivity contribution in [3.05, 3.63) is 35.0 Å². The number of benzene rings is 1. The number of rotatable bonds is 3. The lowest BCUT2D eigenvalue weighted by atomic mass is 9.98. The fourth-order valence-corrected chi connectivity index (χ4v) is 3.04. The highest BCUT2D eigenvalue weighted by Gasteiger charge is 2.26. The van der Waals surface area contributed by atoms with Crippen LogP contribution in [0.15, 0.2) is 23.3 Å². The van der Waals surface area contributed by atoms with Crippen LogP contribution in [0.25, 0.3) is 10.9 Å². The maximum Gasteiger partial charge on any atom is 0.273 e. The molecule has 0 bridgehead atoms. The molecule has 2 heterocycles. The second-order valence-electron chi connectivity index (χ2n) is 5.91. The van der Waals surface area contributed by atoms with Crippen molar-refractivity contribution in [2.75, 3.05) is 13.4 Å². The second-order valence-corrected chi connectivity index (χ2v) is 7.38. The first-order valence-corrected chi connectivity index (χ1v) is 9.62. The fraction of sp³-hybridized carbons (Fsp3) is 0.375. The molecule has 142 valence electrons. The molecule has 4 N–H and O–H groups in total. The minimum atomic E-state index is -3.67. The minimum absolute atomic E-state index is 0.0806. The van der Waals surface area contributed by atoms with Crippen LogP contribution in [0.1, 0.15) is 34.1 Å². The van der Waals surface area contributed by atoms with Gasteiger partial charge in [-0.1, -0.05) is 12.1 Å². The van der Waals surface area contributed by atoms with Gasteiger partial charge >= 0.3 is 0 Å². The molecular formula is C16H22N4O5S. The van der Waals surface area contributed by atoms with Crippen LogP contribution < -0.4 is 11.2 Å². The maximum atomic E-state index is 12.2. The van der Waals surface area contributed by atoms with Crippen molar-refractivity contribution < 1.29 is 22.5 Å². The van der Waals surface area contributed by atoms with Crippen molar-refractivity contribution in [2.45, 2.75) is 26.0 Å². The number of hydrogen-bond donors (Lipinski definition) is 3. The summed E-state index contributed by atoms with van der Waals surface area (Å²) in [4.78, 5) is 12.2. The van der Waals surface area contributed by atoms with Gasteiger partial charge in [-0.3, -0.25) is 9.35 Å². The summed E-state index contributed by atoms with van der Waals surface area (Å²) in [5.74, 6) is 4.82. The van der Waals surface area contributed by atoms with Crippen LogP contribution in [-0.4, -0.2) is 43.1 Å². The number of nitrogens with zero attached hydrogens (tertiary/aromatic N) is 2. The Kier molecular flexibility index (Phi) is 6.01. The van der Waals surface area contributed by atoms with E-state index in [0.29, 0.717) is 11.9 Å². The molecule has 1 unspecified atom stereocenters. The molecule has 1 atom stereocenters. The topological polar surface area (TPSA) is 136 Å². The van der Waals surface area contributed by atoms with Gasteiger partial charge in [-0.25, -0.2) is 0 Å². The zero-order valence-electron chi connectivity index (χ0n) is 14.8. The zero-order chi connectivity index (χ0) is 19.5. The average molecular weight is 382 g/mol. The number of aryl methyl sites for hydroxylation is 2. The summed E-state index contributed by atoms with van der Waals surface area (Å²) in [6.45, 7) is 2.80. The quantitative estimate of drug-likeness (QED) is 0.240. The van der Waals surface area contributed by atoms with Gasteiger partial charge in [0.2, 0.25) is 0 Å². The molecule has 1 aliphatic rings. The summed E-state index contributed by atoms with van der Waals surface area (Å²) in [5.41, 5.74) is 3.99. The normalized spacial score (nSPS) is 16.4. The Hall–Kier alpha value is -2.43. The number of hydrogen-bond acceptors (Lipinski definition) is 6. The lowest BCUT2D eigenvalue weighted by Gasteiger charge is -2.25. The maximum absolute atomic E-state index is 12.2. The largest absolute Gasteiger partial charge is 0.377 e. The molecule has 0 saturated heterocycles. The Morgan fingerprint density at radius 2 is 2.15 bits per heavy atom. The van der Waals surface area contributed by atoms with E-state index in [4.69, 9.17) is 15.1 Å². The van der Waals surface area contributed by atoms with Gasteiger partial charge in [-0.05, 0) is 25.0 Å². The second kappa shape index (κ2) is 7.85. The van der Waals surface area contributed by atoms with Gasteiger partial charge in [0.25, 0.3) is 16.0 Å². The van der Waals surface area contributed by atoms with Crippen LogP contribution in [0.3, 0.4) is 0 Å². The Bertz CT molecular complexity index is 941. The first kappa shape index (κ1) is 19.9. The van der Waals surface area contributed by atoms with Gasteiger partial charge in [-0.15, -0.1) is 0 Å². The summed E-state index contributed by atoms with van der Waals surface area (Å²) in [6, 6.07) is 6.08. The van der Waals surface area contributed by atoms with Crippen LogP contribution in [0.4, 0.5) is 0 Å². The Labute approximate surface area is 151 Å². The molecule has 2 aromatic rings. The molecule has 0 aliphatic carbocycles. The number of nitrogens with two attached hydrogens (primary N) is 1. The van der Waals surface area contributed by atoms with Crippen molar-refractivity contribution in [1.29, 1.82) is 0 Å². The van der Waals surface area contributed by atoms with Gasteiger partial charge in [0.1, 0.15) is 12.0 Å². The number of carbonyl (C=O) groups is 1. The highest BCUT2D eigenvalue weighted by atomic mass is 32.2. The van der Waals surface area contributed by atoms with E-state index in [1.165, 1.54) is 6.34 Å². The molecule has 10 heteroatoms. The summed E-state index contributed by atoms with van der Waals surface area (Å²) >= 11 is 0. The van der Waals surface area contributed by atoms with Gasteiger partial charge in [0, 0.05) is 24.6 Å². The Morgan fingerprint density at radius 1 is 1.50 bits per heavy atom. The third kappa shape index (κ3) is 4.40. The fourth-order valence-electron chi connectivity index (χ4n) is 3.04. The molecule has 1 amide bonds. The number of amides is 1. The van der Waals surface area contributed by atoms with Crippen LogP contribution in [0, 0.1) is 6.92 Å². The van der Waals surface area contributed by atoms with E-state index in [1.54, 1.807) is 7.11 Å². The van der Waals surface area contributed by atoms with Crippen LogP contribution in [0.2, 0.25) is 0 Å². The first-order chi connectivity index (χ1) is 12.2. The molecule has 1 aromatic carbocycles. The van der Waals surface area contributed by atoms with E-state index in [1.807, 2.05) is 17.6 Å². The van der Waals surface area contributed by atoms with Crippen molar-refractivity contribution in [3.63, 3.8) is 0 Å². The number of nitrogens with one attached hydrogen (secondary N) is 1. The molecule has 0 fully saturated rings. The molecule has 1 aromatic heterocycles. The molecule has 3 rings (SSSR count). The molecule has 0 saturated carbocycles. The predicted octanol–water partition coefficient (Wildman–Crippen LogP) is 1.18. The number of aromatic nitrogens is 1. The highest BCUT2D eigenvalue weighted by molar-refractivity contribution is 7.85. The standard InChI is InChI=1S/C15H18N4O2.CH4O3S/c1-9-3-4-10-13(21-2)5-6-19-12(7-11(9)14(10)19)15(20)17-8-18-16;1-5(2,3)4/h3-4,7-8,13H,5-6,16H2,1-2H3,(H,17,18,20);1H3,(H,2,3,4). The van der Waals surface area contributed by atoms with Crippen LogP contribution in [-0.2, 0) is 21.4 Å². The molecular weight excluding hydrogens is 360 g/mol. The monoisotopic (exact) mass is 382 g/mol. The van der Waals surface area contributed by atoms with Crippen molar-refractivity contribution >= 4 is 33.3 Å². The third-order valence-corrected chi connectivity index (χ3v) is 4.06. The Balaban J connectivity index is 0.000000431. The third-order valence-electron chi connectivity index (χ3n) is 4.06. The number of hydrazone groups is 1. The van der Waals surface area contributed by atoms with Crippen LogP contribution in [0.5, 0.6) is 0 Å². The van der Waals surface area contributed by atoms with Gasteiger partial charge in [-0.2, -0.15) is 13.5 Å². The lowest BCUT2D eigenvalue weighted by molar-refractivity contribution is 0.0868. The highest BCUT2D eigenvalue weighted by Crippen LogP contribution is 2.37. The zero-order valence-corrected chi connectivity index (χ0v) is 15.6. The predicted molar refractivity (Wildman–Crippen MR) is 98.7 cm³/mol. The SMILES string of the molecule is COC1CCn2c(C(=O)NC=NN)cc3c(C)ccc1c32.CS(=O)(=O)O. The van der Waals surface area contributed by atoms with Crippen molar-refractivity contribution in [2.24, 2.45) is 10.9 Å². The lowest BCUT2D eigenvalue weighted by Crippen LogP contribution is -2.26. The van der Waals surface area contributed by atoms with Crippen molar-refractivity contribution in [3.8, 4) is 0 Å². The Morgan fingerprint density at radius 3 is 2.73 bits per heavy atom. The van der Waals surface area contributed by atoms with E-state index in [-0.39, 0.29) is 12.0 Å². The molecule has 9 nitrogen and oxygen atoms in total. The summed E-state index contributed by atoms with van der Waals surface area (Å²) < 4.78 is 33.5. The van der Waals surface area contributed by atoms with E-state index < -0.39 is 10.1 Å². The molecule has 0 radical (unpaired) electrons. The summed E-state index contributed by atoms with van der Waals surface area (Å²) in [5, 5.41) is 6.95. The molecule has 0 spiro atoms. The van der Waals surface area contributed by atoms with Crippen molar-refractivity contribution in [1.82, 2.24) is 9.88 Å². The molecule has 26 heavy (non-hydrogen) atoms. The number of carbonyl (C=O) groups excluding carboxylic acids is 1. The van der Waals surface area contributed by atoms with E-state index in [9.17, 15) is 13.2 Å². The van der Waals surface area contributed by atoms with E-state index in [0.717, 1.165) is 35.0 Å². The molecule has 1 aliphatic heterocycles. The average Bonchev–Trinajstić information content (AvgIpc) is 2.95.